The Morgan fingerprint density at radius 1 is 1.50 bits per heavy atom. The van der Waals surface area contributed by atoms with Crippen LogP contribution < -0.4 is 11.1 Å². The summed E-state index contributed by atoms with van der Waals surface area (Å²) in [4.78, 5) is 0. The van der Waals surface area contributed by atoms with Crippen LogP contribution in [-0.4, -0.2) is 32.3 Å². The van der Waals surface area contributed by atoms with Crippen molar-refractivity contribution in [1.29, 1.82) is 0 Å². The number of rotatable bonds is 7. The third-order valence-electron chi connectivity index (χ3n) is 4.32. The summed E-state index contributed by atoms with van der Waals surface area (Å²) in [7, 11) is 1.81. The molecule has 0 aromatic heterocycles. The van der Waals surface area contributed by atoms with Crippen molar-refractivity contribution in [2.75, 3.05) is 20.2 Å². The molecule has 0 spiro atoms. The first-order valence-electron chi connectivity index (χ1n) is 6.52. The minimum absolute atomic E-state index is 0.277. The van der Waals surface area contributed by atoms with Crippen molar-refractivity contribution < 1.29 is 4.74 Å². The Kier molecular flexibility index (Phi) is 5.22. The Balaban J connectivity index is 2.20. The average Bonchev–Trinajstić information content (AvgIpc) is 2.27. The van der Waals surface area contributed by atoms with E-state index in [-0.39, 0.29) is 5.41 Å². The summed E-state index contributed by atoms with van der Waals surface area (Å²) in [6, 6.07) is 0.604. The van der Waals surface area contributed by atoms with Gasteiger partial charge >= 0.3 is 0 Å². The van der Waals surface area contributed by atoms with Crippen LogP contribution in [-0.2, 0) is 4.74 Å². The zero-order valence-electron chi connectivity index (χ0n) is 11.3. The fourth-order valence-corrected chi connectivity index (χ4v) is 2.58. The smallest absolute Gasteiger partial charge is 0.0652 e. The normalized spacial score (nSPS) is 29.8. The molecule has 1 fully saturated rings. The molecular formula is C13H28N2O. The van der Waals surface area contributed by atoms with Crippen LogP contribution in [0, 0.1) is 11.3 Å². The highest BCUT2D eigenvalue weighted by molar-refractivity contribution is 5.02. The van der Waals surface area contributed by atoms with E-state index < -0.39 is 0 Å². The molecule has 1 aliphatic rings. The molecule has 0 saturated heterocycles. The first-order chi connectivity index (χ1) is 7.56. The molecule has 16 heavy (non-hydrogen) atoms. The molecule has 1 saturated carbocycles. The van der Waals surface area contributed by atoms with Gasteiger partial charge in [0, 0.05) is 18.6 Å². The Morgan fingerprint density at radius 3 is 2.62 bits per heavy atom. The largest absolute Gasteiger partial charge is 0.381 e. The van der Waals surface area contributed by atoms with Gasteiger partial charge in [-0.1, -0.05) is 27.2 Å². The van der Waals surface area contributed by atoms with Crippen LogP contribution in [0.4, 0.5) is 0 Å². The second kappa shape index (κ2) is 5.99. The maximum Gasteiger partial charge on any atom is 0.0652 e. The summed E-state index contributed by atoms with van der Waals surface area (Å²) in [5, 5.41) is 3.64. The minimum Gasteiger partial charge on any atom is -0.381 e. The van der Waals surface area contributed by atoms with Gasteiger partial charge in [-0.05, 0) is 31.8 Å². The quantitative estimate of drug-likeness (QED) is 0.698. The molecule has 3 N–H and O–H groups in total. The van der Waals surface area contributed by atoms with Crippen LogP contribution >= 0.6 is 0 Å². The Bertz CT molecular complexity index is 202. The Labute approximate surface area is 100 Å². The predicted octanol–water partition coefficient (Wildman–Crippen LogP) is 1.76. The lowest BCUT2D eigenvalue weighted by atomic mass is 9.64. The van der Waals surface area contributed by atoms with Gasteiger partial charge in [-0.25, -0.2) is 0 Å². The molecule has 3 heteroatoms. The highest BCUT2D eigenvalue weighted by atomic mass is 16.5. The van der Waals surface area contributed by atoms with E-state index in [2.05, 4.69) is 26.1 Å². The number of nitrogens with one attached hydrogen (secondary N) is 1. The van der Waals surface area contributed by atoms with Crippen LogP contribution in [0.5, 0.6) is 0 Å². The fraction of sp³-hybridized carbons (Fsp3) is 1.00. The van der Waals surface area contributed by atoms with Gasteiger partial charge in [0.2, 0.25) is 0 Å². The Morgan fingerprint density at radius 2 is 2.19 bits per heavy atom. The predicted molar refractivity (Wildman–Crippen MR) is 68.4 cm³/mol. The van der Waals surface area contributed by atoms with E-state index in [0.29, 0.717) is 18.1 Å². The molecule has 3 unspecified atom stereocenters. The third-order valence-corrected chi connectivity index (χ3v) is 4.32. The second-order valence-electron chi connectivity index (χ2n) is 5.59. The van der Waals surface area contributed by atoms with Gasteiger partial charge in [0.05, 0.1) is 6.10 Å². The molecule has 0 amide bonds. The highest BCUT2D eigenvalue weighted by Gasteiger charge is 2.47. The molecule has 0 radical (unpaired) electrons. The van der Waals surface area contributed by atoms with Crippen LogP contribution in [0.3, 0.4) is 0 Å². The molecule has 1 rings (SSSR count). The third kappa shape index (κ3) is 2.96. The van der Waals surface area contributed by atoms with Crippen molar-refractivity contribution in [3.63, 3.8) is 0 Å². The van der Waals surface area contributed by atoms with E-state index in [0.717, 1.165) is 19.5 Å². The van der Waals surface area contributed by atoms with Crippen molar-refractivity contribution in [2.45, 2.75) is 52.2 Å². The molecule has 96 valence electrons. The van der Waals surface area contributed by atoms with Gasteiger partial charge in [0.1, 0.15) is 0 Å². The summed E-state index contributed by atoms with van der Waals surface area (Å²) in [5.74, 6) is 0.675. The van der Waals surface area contributed by atoms with Crippen LogP contribution in [0.15, 0.2) is 0 Å². The van der Waals surface area contributed by atoms with Crippen molar-refractivity contribution >= 4 is 0 Å². The lowest BCUT2D eigenvalue weighted by molar-refractivity contribution is -0.0974. The van der Waals surface area contributed by atoms with Crippen molar-refractivity contribution in [3.8, 4) is 0 Å². The van der Waals surface area contributed by atoms with E-state index >= 15 is 0 Å². The molecule has 0 aromatic rings. The molecule has 0 heterocycles. The second-order valence-corrected chi connectivity index (χ2v) is 5.59. The van der Waals surface area contributed by atoms with Crippen LogP contribution in [0.2, 0.25) is 0 Å². The van der Waals surface area contributed by atoms with Gasteiger partial charge < -0.3 is 15.8 Å². The molecule has 0 bridgehead atoms. The SMILES string of the molecule is CCC(CN)CCNC1CC(OC)C1(C)C. The number of hydrogen-bond donors (Lipinski definition) is 2. The van der Waals surface area contributed by atoms with Gasteiger partial charge in [-0.15, -0.1) is 0 Å². The molecule has 3 nitrogen and oxygen atoms in total. The monoisotopic (exact) mass is 228 g/mol. The number of hydrogen-bond acceptors (Lipinski definition) is 3. The molecular weight excluding hydrogens is 200 g/mol. The van der Waals surface area contributed by atoms with E-state index in [1.165, 1.54) is 12.8 Å². The number of methoxy groups -OCH3 is 1. The summed E-state index contributed by atoms with van der Waals surface area (Å²) in [6.45, 7) is 8.67. The standard InChI is InChI=1S/C13H28N2O/c1-5-10(9-14)6-7-15-11-8-12(16-4)13(11,2)3/h10-12,15H,5-9,14H2,1-4H3. The fourth-order valence-electron chi connectivity index (χ4n) is 2.58. The van der Waals surface area contributed by atoms with Crippen LogP contribution in [0.25, 0.3) is 0 Å². The van der Waals surface area contributed by atoms with E-state index in [9.17, 15) is 0 Å². The summed E-state index contributed by atoms with van der Waals surface area (Å²) in [5.41, 5.74) is 5.97. The average molecular weight is 228 g/mol. The highest BCUT2D eigenvalue weighted by Crippen LogP contribution is 2.42. The van der Waals surface area contributed by atoms with Crippen molar-refractivity contribution in [3.05, 3.63) is 0 Å². The number of ether oxygens (including phenoxy) is 1. The van der Waals surface area contributed by atoms with E-state index in [1.807, 2.05) is 7.11 Å². The Hall–Kier alpha value is -0.120. The zero-order chi connectivity index (χ0) is 12.2. The molecule has 3 atom stereocenters. The lowest BCUT2D eigenvalue weighted by Gasteiger charge is -2.51. The van der Waals surface area contributed by atoms with Crippen LogP contribution in [0.1, 0.15) is 40.0 Å². The first-order valence-corrected chi connectivity index (χ1v) is 6.52. The number of nitrogens with two attached hydrogens (primary N) is 1. The maximum absolute atomic E-state index is 5.70. The van der Waals surface area contributed by atoms with Gasteiger partial charge in [-0.3, -0.25) is 0 Å². The first kappa shape index (κ1) is 13.9. The van der Waals surface area contributed by atoms with E-state index in [1.54, 1.807) is 0 Å². The van der Waals surface area contributed by atoms with Gasteiger partial charge in [-0.2, -0.15) is 0 Å². The summed E-state index contributed by atoms with van der Waals surface area (Å²) >= 11 is 0. The van der Waals surface area contributed by atoms with E-state index in [4.69, 9.17) is 10.5 Å². The molecule has 0 aliphatic heterocycles. The summed E-state index contributed by atoms with van der Waals surface area (Å²) < 4.78 is 5.44. The van der Waals surface area contributed by atoms with Gasteiger partial charge in [0.15, 0.2) is 0 Å². The van der Waals surface area contributed by atoms with Crippen molar-refractivity contribution in [1.82, 2.24) is 5.32 Å². The van der Waals surface area contributed by atoms with Gasteiger partial charge in [0.25, 0.3) is 0 Å². The summed E-state index contributed by atoms with van der Waals surface area (Å²) in [6.07, 6.45) is 3.94. The van der Waals surface area contributed by atoms with Crippen molar-refractivity contribution in [2.24, 2.45) is 17.1 Å². The maximum atomic E-state index is 5.70. The molecule has 1 aliphatic carbocycles. The lowest BCUT2D eigenvalue weighted by Crippen LogP contribution is -2.60. The topological polar surface area (TPSA) is 47.3 Å². The molecule has 0 aromatic carbocycles. The minimum atomic E-state index is 0.277. The zero-order valence-corrected chi connectivity index (χ0v) is 11.3.